The largest absolute Gasteiger partial charge is 0.358 e. The molecule has 2 aromatic rings. The van der Waals surface area contributed by atoms with Crippen molar-refractivity contribution in [1.29, 1.82) is 0 Å². The van der Waals surface area contributed by atoms with E-state index in [2.05, 4.69) is 52.6 Å². The Balaban J connectivity index is 0.00000204. The molecular weight excluding hydrogens is 409 g/mol. The van der Waals surface area contributed by atoms with Crippen molar-refractivity contribution in [1.82, 2.24) is 19.9 Å². The van der Waals surface area contributed by atoms with Gasteiger partial charge in [-0.15, -0.1) is 0 Å². The van der Waals surface area contributed by atoms with Gasteiger partial charge in [-0.05, 0) is 25.6 Å². The van der Waals surface area contributed by atoms with Crippen LogP contribution in [-0.4, -0.2) is 59.8 Å². The average molecular weight is 444 g/mol. The van der Waals surface area contributed by atoms with Crippen molar-refractivity contribution in [3.05, 3.63) is 16.7 Å². The van der Waals surface area contributed by atoms with Gasteiger partial charge in [0.15, 0.2) is 16.1 Å². The third-order valence-corrected chi connectivity index (χ3v) is 5.10. The molecule has 2 heterocycles. The van der Waals surface area contributed by atoms with Crippen LogP contribution in [0.15, 0.2) is 5.16 Å². The van der Waals surface area contributed by atoms with E-state index < -0.39 is 5.82 Å². The lowest BCUT2D eigenvalue weighted by Crippen LogP contribution is -2.33. The summed E-state index contributed by atoms with van der Waals surface area (Å²) in [5, 5.41) is 1.08. The summed E-state index contributed by atoms with van der Waals surface area (Å²) in [5.41, 5.74) is 1.01. The summed E-state index contributed by atoms with van der Waals surface area (Å²) in [4.78, 5) is 17.7. The van der Waals surface area contributed by atoms with Gasteiger partial charge in [-0.3, -0.25) is 0 Å². The number of pyridine rings is 1. The van der Waals surface area contributed by atoms with Crippen molar-refractivity contribution in [3.63, 3.8) is 0 Å². The Labute approximate surface area is 184 Å². The minimum Gasteiger partial charge on any atom is -0.358 e. The van der Waals surface area contributed by atoms with Crippen LogP contribution in [0.3, 0.4) is 0 Å². The normalized spacial score (nSPS) is 11.2. The molecule has 0 atom stereocenters. The maximum atomic E-state index is 14.7. The van der Waals surface area contributed by atoms with Crippen molar-refractivity contribution in [2.75, 3.05) is 44.9 Å². The Kier molecular flexibility index (Phi) is 11.1. The van der Waals surface area contributed by atoms with E-state index in [1.807, 2.05) is 27.2 Å². The van der Waals surface area contributed by atoms with Gasteiger partial charge in [-0.1, -0.05) is 64.4 Å². The summed E-state index contributed by atoms with van der Waals surface area (Å²) in [6.07, 6.45) is 3.47. The molecule has 8 heteroatoms. The highest BCUT2D eigenvalue weighted by molar-refractivity contribution is 7.98. The molecule has 0 aromatic carbocycles. The molecule has 0 radical (unpaired) electrons. The van der Waals surface area contributed by atoms with Crippen LogP contribution in [0, 0.1) is 11.7 Å². The Morgan fingerprint density at radius 3 is 2.31 bits per heavy atom. The SMILES string of the molecule is CC.CCCc1nc(Cl)c(F)c2nc(SC)nc(N(C)CCN(C)CC(C)C)c12. The molecule has 0 unspecified atom stereocenters. The zero-order valence-electron chi connectivity index (χ0n) is 19.0. The van der Waals surface area contributed by atoms with Gasteiger partial charge in [0.25, 0.3) is 0 Å². The number of aryl methyl sites for hydroxylation is 1. The number of hydrogen-bond donors (Lipinski definition) is 0. The molecule has 0 spiro atoms. The minimum absolute atomic E-state index is 0.123. The van der Waals surface area contributed by atoms with Gasteiger partial charge in [-0.2, -0.15) is 0 Å². The molecule has 2 rings (SSSR count). The van der Waals surface area contributed by atoms with E-state index in [4.69, 9.17) is 11.6 Å². The first-order valence-corrected chi connectivity index (χ1v) is 11.9. The number of anilines is 1. The van der Waals surface area contributed by atoms with Crippen molar-refractivity contribution >= 4 is 40.1 Å². The molecule has 0 saturated carbocycles. The number of thioether (sulfide) groups is 1. The van der Waals surface area contributed by atoms with Gasteiger partial charge in [0, 0.05) is 26.7 Å². The van der Waals surface area contributed by atoms with Crippen LogP contribution in [-0.2, 0) is 6.42 Å². The molecule has 0 aliphatic rings. The number of halogens is 2. The molecule has 0 aliphatic heterocycles. The summed E-state index contributed by atoms with van der Waals surface area (Å²) >= 11 is 7.43. The van der Waals surface area contributed by atoms with Crippen LogP contribution in [0.5, 0.6) is 0 Å². The van der Waals surface area contributed by atoms with E-state index in [9.17, 15) is 4.39 Å². The first kappa shape index (κ1) is 25.9. The number of fused-ring (bicyclic) bond motifs is 1. The smallest absolute Gasteiger partial charge is 0.189 e. The van der Waals surface area contributed by atoms with E-state index in [-0.39, 0.29) is 10.7 Å². The predicted molar refractivity (Wildman–Crippen MR) is 125 cm³/mol. The van der Waals surface area contributed by atoms with Gasteiger partial charge in [0.2, 0.25) is 0 Å². The van der Waals surface area contributed by atoms with Crippen molar-refractivity contribution < 1.29 is 4.39 Å². The van der Waals surface area contributed by atoms with Crippen molar-refractivity contribution in [3.8, 4) is 0 Å². The Morgan fingerprint density at radius 2 is 1.76 bits per heavy atom. The topological polar surface area (TPSA) is 45.2 Å². The second-order valence-electron chi connectivity index (χ2n) is 7.25. The number of hydrogen-bond acceptors (Lipinski definition) is 6. The third-order valence-electron chi connectivity index (χ3n) is 4.31. The van der Waals surface area contributed by atoms with Gasteiger partial charge in [0.05, 0.1) is 11.1 Å². The average Bonchev–Trinajstić information content (AvgIpc) is 2.70. The molecule has 29 heavy (non-hydrogen) atoms. The highest BCUT2D eigenvalue weighted by atomic mass is 35.5. The summed E-state index contributed by atoms with van der Waals surface area (Å²) in [7, 11) is 4.10. The zero-order valence-corrected chi connectivity index (χ0v) is 20.6. The fraction of sp³-hybridized carbons (Fsp3) is 0.667. The van der Waals surface area contributed by atoms with Crippen LogP contribution in [0.2, 0.25) is 5.15 Å². The zero-order chi connectivity index (χ0) is 22.1. The lowest BCUT2D eigenvalue weighted by Gasteiger charge is -2.25. The Bertz CT molecular complexity index is 787. The van der Waals surface area contributed by atoms with Crippen LogP contribution in [0.4, 0.5) is 10.2 Å². The lowest BCUT2D eigenvalue weighted by molar-refractivity contribution is 0.301. The molecule has 5 nitrogen and oxygen atoms in total. The Morgan fingerprint density at radius 1 is 1.10 bits per heavy atom. The molecule has 0 amide bonds. The minimum atomic E-state index is -0.573. The van der Waals surface area contributed by atoms with E-state index in [0.29, 0.717) is 28.7 Å². The van der Waals surface area contributed by atoms with Crippen molar-refractivity contribution in [2.24, 2.45) is 5.92 Å². The monoisotopic (exact) mass is 443 g/mol. The van der Waals surface area contributed by atoms with E-state index >= 15 is 0 Å². The highest BCUT2D eigenvalue weighted by Gasteiger charge is 2.21. The lowest BCUT2D eigenvalue weighted by atomic mass is 10.1. The fourth-order valence-electron chi connectivity index (χ4n) is 3.10. The van der Waals surface area contributed by atoms with Gasteiger partial charge in [0.1, 0.15) is 11.3 Å². The second kappa shape index (κ2) is 12.5. The van der Waals surface area contributed by atoms with Gasteiger partial charge >= 0.3 is 0 Å². The molecular formula is C21H35ClFN5S. The Hall–Kier alpha value is -1.18. The van der Waals surface area contributed by atoms with Crippen LogP contribution in [0.1, 0.15) is 46.7 Å². The third kappa shape index (κ3) is 6.93. The quantitative estimate of drug-likeness (QED) is 0.288. The number of aromatic nitrogens is 3. The maximum Gasteiger partial charge on any atom is 0.189 e. The molecule has 0 bridgehead atoms. The first-order valence-electron chi connectivity index (χ1n) is 10.3. The summed E-state index contributed by atoms with van der Waals surface area (Å²) in [5.74, 6) is 0.754. The second-order valence-corrected chi connectivity index (χ2v) is 8.38. The van der Waals surface area contributed by atoms with Crippen LogP contribution >= 0.6 is 23.4 Å². The molecule has 2 aromatic heterocycles. The molecule has 0 fully saturated rings. The first-order chi connectivity index (χ1) is 13.8. The van der Waals surface area contributed by atoms with Gasteiger partial charge < -0.3 is 9.80 Å². The van der Waals surface area contributed by atoms with E-state index in [1.165, 1.54) is 11.8 Å². The standard InChI is InChI=1S/C19H29ClFN5S.C2H6/c1-7-8-13-14-16(15(21)17(20)22-13)23-19(27-6)24-18(14)26(5)10-9-25(4)11-12(2)3;1-2/h12H,7-11H2,1-6H3;1-2H3. The van der Waals surface area contributed by atoms with Gasteiger partial charge in [-0.25, -0.2) is 19.3 Å². The number of rotatable bonds is 9. The summed E-state index contributed by atoms with van der Waals surface area (Å²) in [6.45, 7) is 13.2. The predicted octanol–water partition coefficient (Wildman–Crippen LogP) is 5.54. The van der Waals surface area contributed by atoms with Crippen molar-refractivity contribution in [2.45, 2.75) is 52.6 Å². The number of likely N-dealkylation sites (N-methyl/N-ethyl adjacent to an activating group) is 2. The molecule has 0 N–H and O–H groups in total. The van der Waals surface area contributed by atoms with E-state index in [1.54, 1.807) is 0 Å². The summed E-state index contributed by atoms with van der Waals surface area (Å²) < 4.78 is 14.7. The van der Waals surface area contributed by atoms with Crippen LogP contribution in [0.25, 0.3) is 10.9 Å². The number of nitrogens with zero attached hydrogens (tertiary/aromatic N) is 5. The molecule has 0 aliphatic carbocycles. The fourth-order valence-corrected chi connectivity index (χ4v) is 3.65. The molecule has 0 saturated heterocycles. The molecule has 164 valence electrons. The summed E-state index contributed by atoms with van der Waals surface area (Å²) in [6, 6.07) is 0. The van der Waals surface area contributed by atoms with Crippen LogP contribution < -0.4 is 4.90 Å². The van der Waals surface area contributed by atoms with E-state index in [0.717, 1.165) is 31.7 Å². The highest BCUT2D eigenvalue weighted by Crippen LogP contribution is 2.32. The maximum absolute atomic E-state index is 14.7.